The van der Waals surface area contributed by atoms with Crippen LogP contribution in [-0.4, -0.2) is 22.8 Å². The lowest BCUT2D eigenvalue weighted by molar-refractivity contribution is 0.0694. The molecule has 2 aromatic rings. The molecule has 2 N–H and O–H groups in total. The summed E-state index contributed by atoms with van der Waals surface area (Å²) in [4.78, 5) is 11.1. The number of aromatic carboxylic acids is 1. The second-order valence-electron chi connectivity index (χ2n) is 4.44. The van der Waals surface area contributed by atoms with E-state index >= 15 is 0 Å². The van der Waals surface area contributed by atoms with Crippen molar-refractivity contribution in [1.82, 2.24) is 0 Å². The molecular weight excluding hydrogens is 395 g/mol. The molecular formula is C15H11BrCl2O4. The van der Waals surface area contributed by atoms with Crippen LogP contribution >= 0.6 is 39.1 Å². The van der Waals surface area contributed by atoms with Crippen molar-refractivity contribution in [2.45, 2.75) is 6.42 Å². The summed E-state index contributed by atoms with van der Waals surface area (Å²) in [7, 11) is 0. The maximum absolute atomic E-state index is 11.1. The summed E-state index contributed by atoms with van der Waals surface area (Å²) in [5.41, 5.74) is 0.792. The van der Waals surface area contributed by atoms with Gasteiger partial charge < -0.3 is 14.9 Å². The predicted molar refractivity (Wildman–Crippen MR) is 88.4 cm³/mol. The van der Waals surface area contributed by atoms with Crippen LogP contribution in [0.4, 0.5) is 0 Å². The second kappa shape index (κ2) is 7.22. The smallest absolute Gasteiger partial charge is 0.337 e. The van der Waals surface area contributed by atoms with Crippen LogP contribution in [0, 0.1) is 0 Å². The number of carbonyl (C=O) groups is 1. The zero-order valence-electron chi connectivity index (χ0n) is 11.1. The minimum Gasteiger partial charge on any atom is -0.508 e. The van der Waals surface area contributed by atoms with Gasteiger partial charge in [0.05, 0.1) is 16.6 Å². The average molecular weight is 406 g/mol. The molecule has 4 nitrogen and oxygen atoms in total. The van der Waals surface area contributed by atoms with Crippen molar-refractivity contribution in [3.05, 3.63) is 56.0 Å². The standard InChI is InChI=1S/C15H11BrCl2O4/c16-14-11(15(20)21)6-10(19)7-13(14)22-4-3-8-1-2-9(17)5-12(8)18/h1-2,5-7,19H,3-4H2,(H,20,21). The third kappa shape index (κ3) is 4.06. The van der Waals surface area contributed by atoms with E-state index in [0.29, 0.717) is 16.5 Å². The maximum Gasteiger partial charge on any atom is 0.337 e. The number of rotatable bonds is 5. The van der Waals surface area contributed by atoms with Gasteiger partial charge in [0.1, 0.15) is 11.5 Å². The average Bonchev–Trinajstić information content (AvgIpc) is 2.44. The van der Waals surface area contributed by atoms with Crippen molar-refractivity contribution >= 4 is 45.1 Å². The van der Waals surface area contributed by atoms with E-state index in [1.807, 2.05) is 0 Å². The Balaban J connectivity index is 2.10. The van der Waals surface area contributed by atoms with Gasteiger partial charge in [-0.1, -0.05) is 29.3 Å². The Hall–Kier alpha value is -1.43. The summed E-state index contributed by atoms with van der Waals surface area (Å²) < 4.78 is 5.81. The van der Waals surface area contributed by atoms with Gasteiger partial charge in [0.25, 0.3) is 0 Å². The van der Waals surface area contributed by atoms with Crippen LogP contribution in [0.25, 0.3) is 0 Å². The van der Waals surface area contributed by atoms with E-state index in [1.165, 1.54) is 6.07 Å². The number of carboxylic acids is 1. The summed E-state index contributed by atoms with van der Waals surface area (Å²) in [6.45, 7) is 0.266. The van der Waals surface area contributed by atoms with Crippen LogP contribution in [0.15, 0.2) is 34.8 Å². The monoisotopic (exact) mass is 404 g/mol. The topological polar surface area (TPSA) is 66.8 Å². The van der Waals surface area contributed by atoms with E-state index in [9.17, 15) is 9.90 Å². The van der Waals surface area contributed by atoms with Crippen molar-refractivity contribution < 1.29 is 19.7 Å². The zero-order chi connectivity index (χ0) is 16.3. The Morgan fingerprint density at radius 2 is 1.95 bits per heavy atom. The molecule has 0 aliphatic rings. The molecule has 22 heavy (non-hydrogen) atoms. The third-order valence-electron chi connectivity index (χ3n) is 2.90. The molecule has 0 saturated heterocycles. The van der Waals surface area contributed by atoms with Crippen molar-refractivity contribution in [2.75, 3.05) is 6.61 Å². The van der Waals surface area contributed by atoms with E-state index in [1.54, 1.807) is 18.2 Å². The lowest BCUT2D eigenvalue weighted by Crippen LogP contribution is -2.05. The van der Waals surface area contributed by atoms with E-state index in [-0.39, 0.29) is 28.1 Å². The Kier molecular flexibility index (Phi) is 5.56. The highest BCUT2D eigenvalue weighted by molar-refractivity contribution is 9.10. The first kappa shape index (κ1) is 16.9. The Morgan fingerprint density at radius 1 is 1.23 bits per heavy atom. The number of phenolic OH excluding ortho intramolecular Hbond substituents is 1. The molecule has 0 heterocycles. The van der Waals surface area contributed by atoms with Gasteiger partial charge in [-0.2, -0.15) is 0 Å². The number of benzene rings is 2. The first-order valence-corrected chi connectivity index (χ1v) is 7.76. The van der Waals surface area contributed by atoms with Crippen LogP contribution in [0.3, 0.4) is 0 Å². The van der Waals surface area contributed by atoms with Gasteiger partial charge in [-0.15, -0.1) is 0 Å². The molecule has 0 aliphatic carbocycles. The normalized spacial score (nSPS) is 10.5. The Bertz CT molecular complexity index is 719. The van der Waals surface area contributed by atoms with E-state index < -0.39 is 5.97 Å². The number of phenols is 1. The molecule has 0 atom stereocenters. The van der Waals surface area contributed by atoms with Crippen LogP contribution in [0.2, 0.25) is 10.0 Å². The minimum absolute atomic E-state index is 0.0699. The SMILES string of the molecule is O=C(O)c1cc(O)cc(OCCc2ccc(Cl)cc2Cl)c1Br. The molecule has 2 rings (SSSR count). The number of carboxylic acid groups (broad SMARTS) is 1. The number of ether oxygens (including phenoxy) is 1. The Labute approximate surface area is 145 Å². The van der Waals surface area contributed by atoms with Gasteiger partial charge in [0.15, 0.2) is 0 Å². The molecule has 0 amide bonds. The highest BCUT2D eigenvalue weighted by Crippen LogP contribution is 2.33. The molecule has 0 aliphatic heterocycles. The molecule has 0 aromatic heterocycles. The fourth-order valence-corrected chi connectivity index (χ4v) is 2.86. The Morgan fingerprint density at radius 3 is 2.59 bits per heavy atom. The van der Waals surface area contributed by atoms with Crippen molar-refractivity contribution in [2.24, 2.45) is 0 Å². The quantitative estimate of drug-likeness (QED) is 0.750. The van der Waals surface area contributed by atoms with Gasteiger partial charge in [-0.3, -0.25) is 0 Å². The largest absolute Gasteiger partial charge is 0.508 e. The highest BCUT2D eigenvalue weighted by atomic mass is 79.9. The molecule has 2 aromatic carbocycles. The van der Waals surface area contributed by atoms with Crippen LogP contribution < -0.4 is 4.74 Å². The van der Waals surface area contributed by atoms with Gasteiger partial charge in [0, 0.05) is 22.5 Å². The second-order valence-corrected chi connectivity index (χ2v) is 6.08. The highest BCUT2D eigenvalue weighted by Gasteiger charge is 2.15. The first-order chi connectivity index (χ1) is 10.4. The lowest BCUT2D eigenvalue weighted by atomic mass is 10.1. The first-order valence-electron chi connectivity index (χ1n) is 6.21. The molecule has 0 bridgehead atoms. The summed E-state index contributed by atoms with van der Waals surface area (Å²) in [5.74, 6) is -1.09. The summed E-state index contributed by atoms with van der Waals surface area (Å²) >= 11 is 15.1. The molecule has 0 unspecified atom stereocenters. The van der Waals surface area contributed by atoms with Gasteiger partial charge in [0.2, 0.25) is 0 Å². The van der Waals surface area contributed by atoms with E-state index in [0.717, 1.165) is 11.6 Å². The molecule has 116 valence electrons. The fraction of sp³-hybridized carbons (Fsp3) is 0.133. The summed E-state index contributed by atoms with van der Waals surface area (Å²) in [6, 6.07) is 7.67. The maximum atomic E-state index is 11.1. The number of hydrogen-bond donors (Lipinski definition) is 2. The molecule has 0 saturated carbocycles. The van der Waals surface area contributed by atoms with Crippen LogP contribution in [-0.2, 0) is 6.42 Å². The van der Waals surface area contributed by atoms with E-state index in [2.05, 4.69) is 15.9 Å². The number of halogens is 3. The predicted octanol–water partition coefficient (Wildman–Crippen LogP) is 4.78. The molecule has 7 heteroatoms. The molecule has 0 radical (unpaired) electrons. The fourth-order valence-electron chi connectivity index (χ4n) is 1.84. The number of aromatic hydroxyl groups is 1. The van der Waals surface area contributed by atoms with Crippen molar-refractivity contribution in [3.8, 4) is 11.5 Å². The zero-order valence-corrected chi connectivity index (χ0v) is 14.2. The summed E-state index contributed by atoms with van der Waals surface area (Å²) in [6.07, 6.45) is 0.514. The number of hydrogen-bond acceptors (Lipinski definition) is 3. The van der Waals surface area contributed by atoms with Gasteiger partial charge in [-0.25, -0.2) is 4.79 Å². The van der Waals surface area contributed by atoms with Gasteiger partial charge in [-0.05, 0) is 39.7 Å². The van der Waals surface area contributed by atoms with Crippen LogP contribution in [0.1, 0.15) is 15.9 Å². The molecule has 0 spiro atoms. The van der Waals surface area contributed by atoms with E-state index in [4.69, 9.17) is 33.0 Å². The van der Waals surface area contributed by atoms with Crippen LogP contribution in [0.5, 0.6) is 11.5 Å². The summed E-state index contributed by atoms with van der Waals surface area (Å²) in [5, 5.41) is 19.7. The van der Waals surface area contributed by atoms with Crippen molar-refractivity contribution in [3.63, 3.8) is 0 Å². The van der Waals surface area contributed by atoms with Crippen molar-refractivity contribution in [1.29, 1.82) is 0 Å². The lowest BCUT2D eigenvalue weighted by Gasteiger charge is -2.11. The third-order valence-corrected chi connectivity index (χ3v) is 4.30. The molecule has 0 fully saturated rings. The minimum atomic E-state index is -1.16. The van der Waals surface area contributed by atoms with Gasteiger partial charge >= 0.3 is 5.97 Å².